The fourth-order valence-corrected chi connectivity index (χ4v) is 3.74. The van der Waals surface area contributed by atoms with Crippen molar-refractivity contribution in [3.63, 3.8) is 0 Å². The molecule has 2 aromatic heterocycles. The Hall–Kier alpha value is -3.45. The molecule has 0 radical (unpaired) electrons. The summed E-state index contributed by atoms with van der Waals surface area (Å²) < 4.78 is 5.71. The molecule has 29 heavy (non-hydrogen) atoms. The predicted octanol–water partition coefficient (Wildman–Crippen LogP) is 4.75. The number of carbonyl (C=O) groups excluding carboxylic acids is 2. The maximum absolute atomic E-state index is 12.6. The van der Waals surface area contributed by atoms with Gasteiger partial charge < -0.3 is 9.73 Å². The van der Waals surface area contributed by atoms with Crippen LogP contribution in [0.3, 0.4) is 0 Å². The van der Waals surface area contributed by atoms with E-state index in [2.05, 4.69) is 15.6 Å². The van der Waals surface area contributed by atoms with Crippen molar-refractivity contribution < 1.29 is 14.0 Å². The van der Waals surface area contributed by atoms with Crippen LogP contribution in [0.2, 0.25) is 0 Å². The van der Waals surface area contributed by atoms with Crippen LogP contribution in [0.1, 0.15) is 28.6 Å². The number of fused-ring (bicyclic) bond motifs is 1. The van der Waals surface area contributed by atoms with Crippen LogP contribution in [0.25, 0.3) is 22.2 Å². The summed E-state index contributed by atoms with van der Waals surface area (Å²) in [4.78, 5) is 28.2. The van der Waals surface area contributed by atoms with Crippen molar-refractivity contribution in [2.24, 2.45) is 0 Å². The Kier molecular flexibility index (Phi) is 5.14. The highest BCUT2D eigenvalue weighted by Gasteiger charge is 2.18. The largest absolute Gasteiger partial charge is 0.451 e. The molecular weight excluding hydrogens is 386 g/mol. The third-order valence-electron chi connectivity index (χ3n) is 4.57. The molecule has 0 fully saturated rings. The second-order valence-corrected chi connectivity index (χ2v) is 7.51. The lowest BCUT2D eigenvalue weighted by Gasteiger charge is -2.03. The first kappa shape index (κ1) is 18.9. The summed E-state index contributed by atoms with van der Waals surface area (Å²) in [6.07, 6.45) is 0. The first-order valence-corrected chi connectivity index (χ1v) is 9.98. The van der Waals surface area contributed by atoms with Crippen molar-refractivity contribution in [2.75, 3.05) is 5.32 Å². The molecule has 0 unspecified atom stereocenters. The number of nitrogens with one attached hydrogen (secondary N) is 2. The molecule has 2 heterocycles. The summed E-state index contributed by atoms with van der Waals surface area (Å²) in [5.41, 5.74) is 4.22. The van der Waals surface area contributed by atoms with E-state index in [0.717, 1.165) is 27.8 Å². The summed E-state index contributed by atoms with van der Waals surface area (Å²) in [6, 6.07) is 15.4. The van der Waals surface area contributed by atoms with E-state index in [0.29, 0.717) is 23.0 Å². The molecule has 0 aliphatic rings. The molecular formula is C22H19N3O3S. The number of furan rings is 1. The van der Waals surface area contributed by atoms with E-state index >= 15 is 0 Å². The van der Waals surface area contributed by atoms with Gasteiger partial charge in [0.05, 0.1) is 5.69 Å². The van der Waals surface area contributed by atoms with Gasteiger partial charge in [0.15, 0.2) is 10.9 Å². The lowest BCUT2D eigenvalue weighted by atomic mass is 10.1. The molecule has 0 saturated carbocycles. The highest BCUT2D eigenvalue weighted by molar-refractivity contribution is 7.14. The maximum Gasteiger partial charge on any atom is 0.293 e. The van der Waals surface area contributed by atoms with Crippen molar-refractivity contribution in [3.8, 4) is 11.3 Å². The van der Waals surface area contributed by atoms with E-state index in [-0.39, 0.29) is 11.8 Å². The molecule has 0 saturated heterocycles. The van der Waals surface area contributed by atoms with Gasteiger partial charge in [0.1, 0.15) is 5.58 Å². The summed E-state index contributed by atoms with van der Waals surface area (Å²) in [7, 11) is 0. The SMILES string of the molecule is CC(=O)NCc1ccc(-c2csc(NC(=O)c3oc4ccccc4c3C)n2)cc1. The van der Waals surface area contributed by atoms with E-state index in [1.165, 1.54) is 18.3 Å². The lowest BCUT2D eigenvalue weighted by molar-refractivity contribution is -0.119. The molecule has 2 N–H and O–H groups in total. The molecule has 2 aromatic carbocycles. The smallest absolute Gasteiger partial charge is 0.293 e. The highest BCUT2D eigenvalue weighted by Crippen LogP contribution is 2.28. The molecule has 0 atom stereocenters. The van der Waals surface area contributed by atoms with Crippen molar-refractivity contribution >= 4 is 39.3 Å². The van der Waals surface area contributed by atoms with E-state index in [4.69, 9.17) is 4.42 Å². The number of hydrogen-bond donors (Lipinski definition) is 2. The van der Waals surface area contributed by atoms with Gasteiger partial charge in [-0.05, 0) is 18.6 Å². The molecule has 6 nitrogen and oxygen atoms in total. The zero-order valence-corrected chi connectivity index (χ0v) is 16.8. The predicted molar refractivity (Wildman–Crippen MR) is 114 cm³/mol. The number of nitrogens with zero attached hydrogens (tertiary/aromatic N) is 1. The van der Waals surface area contributed by atoms with Crippen LogP contribution >= 0.6 is 11.3 Å². The Balaban J connectivity index is 1.48. The minimum atomic E-state index is -0.315. The summed E-state index contributed by atoms with van der Waals surface area (Å²) in [5, 5.41) is 8.92. The summed E-state index contributed by atoms with van der Waals surface area (Å²) in [6.45, 7) is 3.85. The molecule has 7 heteroatoms. The van der Waals surface area contributed by atoms with Crippen LogP contribution in [0.5, 0.6) is 0 Å². The number of amides is 2. The Morgan fingerprint density at radius 2 is 1.86 bits per heavy atom. The molecule has 146 valence electrons. The van der Waals surface area contributed by atoms with Gasteiger partial charge in [0.25, 0.3) is 5.91 Å². The van der Waals surface area contributed by atoms with Gasteiger partial charge in [0, 0.05) is 35.4 Å². The second kappa shape index (κ2) is 7.89. The van der Waals surface area contributed by atoms with E-state index in [1.54, 1.807) is 0 Å². The highest BCUT2D eigenvalue weighted by atomic mass is 32.1. The third-order valence-corrected chi connectivity index (χ3v) is 5.32. The van der Waals surface area contributed by atoms with Crippen LogP contribution in [0, 0.1) is 6.92 Å². The van der Waals surface area contributed by atoms with Crippen molar-refractivity contribution in [3.05, 3.63) is 70.8 Å². The van der Waals surface area contributed by atoms with Gasteiger partial charge in [-0.3, -0.25) is 14.9 Å². The minimum absolute atomic E-state index is 0.0614. The topological polar surface area (TPSA) is 84.2 Å². The normalized spacial score (nSPS) is 10.8. The maximum atomic E-state index is 12.6. The van der Waals surface area contributed by atoms with E-state index < -0.39 is 0 Å². The van der Waals surface area contributed by atoms with Gasteiger partial charge >= 0.3 is 0 Å². The van der Waals surface area contributed by atoms with Gasteiger partial charge in [-0.25, -0.2) is 4.98 Å². The Bertz CT molecular complexity index is 1190. The molecule has 4 aromatic rings. The van der Waals surface area contributed by atoms with Crippen LogP contribution in [0.15, 0.2) is 58.3 Å². The molecule has 0 aliphatic carbocycles. The number of rotatable bonds is 5. The van der Waals surface area contributed by atoms with Gasteiger partial charge in [0.2, 0.25) is 5.91 Å². The number of hydrogen-bond acceptors (Lipinski definition) is 5. The first-order valence-electron chi connectivity index (χ1n) is 9.10. The van der Waals surface area contributed by atoms with Crippen molar-refractivity contribution in [1.82, 2.24) is 10.3 Å². The van der Waals surface area contributed by atoms with Crippen LogP contribution in [-0.2, 0) is 11.3 Å². The van der Waals surface area contributed by atoms with Gasteiger partial charge in [-0.1, -0.05) is 42.5 Å². The molecule has 0 spiro atoms. The molecule has 4 rings (SSSR count). The zero-order chi connectivity index (χ0) is 20.4. The van der Waals surface area contributed by atoms with E-state index in [9.17, 15) is 9.59 Å². The number of para-hydroxylation sites is 1. The average molecular weight is 405 g/mol. The average Bonchev–Trinajstić information content (AvgIpc) is 3.32. The Labute approximate surface area is 171 Å². The fourth-order valence-electron chi connectivity index (χ4n) is 3.03. The van der Waals surface area contributed by atoms with Crippen molar-refractivity contribution in [1.29, 1.82) is 0 Å². The number of aryl methyl sites for hydroxylation is 1. The quantitative estimate of drug-likeness (QED) is 0.502. The standard InChI is InChI=1S/C22H19N3O3S/c1-13-17-5-3-4-6-19(17)28-20(13)21(27)25-22-24-18(12-29-22)16-9-7-15(8-10-16)11-23-14(2)26/h3-10,12H,11H2,1-2H3,(H,23,26)(H,24,25,27). The van der Waals surface area contributed by atoms with Gasteiger partial charge in [-0.2, -0.15) is 0 Å². The lowest BCUT2D eigenvalue weighted by Crippen LogP contribution is -2.18. The zero-order valence-electron chi connectivity index (χ0n) is 16.0. The third kappa shape index (κ3) is 4.05. The first-order chi connectivity index (χ1) is 14.0. The van der Waals surface area contributed by atoms with Crippen molar-refractivity contribution in [2.45, 2.75) is 20.4 Å². The summed E-state index contributed by atoms with van der Waals surface area (Å²) >= 11 is 1.36. The second-order valence-electron chi connectivity index (χ2n) is 6.65. The molecule has 0 bridgehead atoms. The van der Waals surface area contributed by atoms with Crippen LogP contribution < -0.4 is 10.6 Å². The number of carbonyl (C=O) groups is 2. The number of anilines is 1. The monoisotopic (exact) mass is 405 g/mol. The Morgan fingerprint density at radius 1 is 1.10 bits per heavy atom. The number of aromatic nitrogens is 1. The molecule has 2 amide bonds. The van der Waals surface area contributed by atoms with Crippen LogP contribution in [-0.4, -0.2) is 16.8 Å². The number of thiazole rings is 1. The fraction of sp³-hybridized carbons (Fsp3) is 0.136. The van der Waals surface area contributed by atoms with Gasteiger partial charge in [-0.15, -0.1) is 11.3 Å². The Morgan fingerprint density at radius 3 is 2.59 bits per heavy atom. The minimum Gasteiger partial charge on any atom is -0.451 e. The summed E-state index contributed by atoms with van der Waals surface area (Å²) in [5.74, 6) is -0.0795. The number of benzene rings is 2. The van der Waals surface area contributed by atoms with Crippen LogP contribution in [0.4, 0.5) is 5.13 Å². The van der Waals surface area contributed by atoms with E-state index in [1.807, 2.05) is 60.8 Å². The molecule has 0 aliphatic heterocycles.